The van der Waals surface area contributed by atoms with Crippen LogP contribution >= 0.6 is 0 Å². The molecule has 20 heavy (non-hydrogen) atoms. The fourth-order valence-electron chi connectivity index (χ4n) is 2.31. The maximum atomic E-state index is 11.0. The largest absolute Gasteiger partial charge is 0.427 e. The third-order valence-electron chi connectivity index (χ3n) is 3.15. The van der Waals surface area contributed by atoms with E-state index in [1.165, 1.54) is 12.5 Å². The average Bonchev–Trinajstić information content (AvgIpc) is 2.80. The van der Waals surface area contributed by atoms with Crippen LogP contribution in [-0.2, 0) is 11.2 Å². The Morgan fingerprint density at radius 2 is 1.90 bits per heavy atom. The zero-order valence-electron chi connectivity index (χ0n) is 11.2. The number of ether oxygens (including phenoxy) is 1. The molecule has 0 saturated heterocycles. The highest BCUT2D eigenvalue weighted by molar-refractivity contribution is 5.83. The van der Waals surface area contributed by atoms with Gasteiger partial charge in [0.2, 0.25) is 0 Å². The summed E-state index contributed by atoms with van der Waals surface area (Å²) < 4.78 is 5.09. The van der Waals surface area contributed by atoms with Crippen molar-refractivity contribution < 1.29 is 9.53 Å². The molecular formula is C17H15NO2. The van der Waals surface area contributed by atoms with E-state index < -0.39 is 0 Å². The number of H-pyrrole nitrogens is 1. The smallest absolute Gasteiger partial charge is 0.308 e. The highest BCUT2D eigenvalue weighted by Crippen LogP contribution is 2.22. The lowest BCUT2D eigenvalue weighted by Gasteiger charge is -2.00. The molecular weight excluding hydrogens is 250 g/mol. The van der Waals surface area contributed by atoms with Crippen LogP contribution in [0, 0.1) is 0 Å². The monoisotopic (exact) mass is 265 g/mol. The maximum absolute atomic E-state index is 11.0. The van der Waals surface area contributed by atoms with Gasteiger partial charge >= 0.3 is 5.97 Å². The molecule has 0 aliphatic rings. The van der Waals surface area contributed by atoms with Crippen LogP contribution in [0.4, 0.5) is 0 Å². The molecule has 0 spiro atoms. The normalized spacial score (nSPS) is 10.7. The second-order valence-corrected chi connectivity index (χ2v) is 4.80. The molecule has 0 aliphatic heterocycles. The summed E-state index contributed by atoms with van der Waals surface area (Å²) in [5.41, 5.74) is 3.39. The zero-order chi connectivity index (χ0) is 13.9. The lowest BCUT2D eigenvalue weighted by atomic mass is 10.1. The first-order chi connectivity index (χ1) is 9.70. The molecule has 3 nitrogen and oxygen atoms in total. The fraction of sp³-hybridized carbons (Fsp3) is 0.118. The zero-order valence-corrected chi connectivity index (χ0v) is 11.2. The van der Waals surface area contributed by atoms with Crippen LogP contribution in [0.25, 0.3) is 10.9 Å². The molecule has 2 aromatic carbocycles. The van der Waals surface area contributed by atoms with E-state index in [2.05, 4.69) is 23.2 Å². The first-order valence-corrected chi connectivity index (χ1v) is 6.55. The number of nitrogens with one attached hydrogen (secondary N) is 1. The van der Waals surface area contributed by atoms with Crippen LogP contribution in [0.2, 0.25) is 0 Å². The highest BCUT2D eigenvalue weighted by atomic mass is 16.5. The maximum Gasteiger partial charge on any atom is 0.308 e. The summed E-state index contributed by atoms with van der Waals surface area (Å²) in [6, 6.07) is 18.0. The predicted molar refractivity (Wildman–Crippen MR) is 78.9 cm³/mol. The van der Waals surface area contributed by atoms with Crippen molar-refractivity contribution in [1.82, 2.24) is 4.98 Å². The Bertz CT molecular complexity index is 744. The molecule has 3 heteroatoms. The molecule has 3 aromatic rings. The van der Waals surface area contributed by atoms with Gasteiger partial charge in [-0.2, -0.15) is 0 Å². The standard InChI is InChI=1S/C17H15NO2/c1-12(19)20-16-8-7-14-10-15(18-17(14)11-16)9-13-5-3-2-4-6-13/h2-8,10-11,18H,9H2,1H3. The van der Waals surface area contributed by atoms with Gasteiger partial charge in [0.15, 0.2) is 0 Å². The fourth-order valence-corrected chi connectivity index (χ4v) is 2.31. The second kappa shape index (κ2) is 5.21. The lowest BCUT2D eigenvalue weighted by Crippen LogP contribution is -2.00. The van der Waals surface area contributed by atoms with Crippen molar-refractivity contribution in [3.8, 4) is 5.75 Å². The van der Waals surface area contributed by atoms with Crippen molar-refractivity contribution in [3.63, 3.8) is 0 Å². The Morgan fingerprint density at radius 1 is 1.10 bits per heavy atom. The Labute approximate surface area is 117 Å². The van der Waals surface area contributed by atoms with Crippen molar-refractivity contribution in [3.05, 3.63) is 65.9 Å². The molecule has 1 heterocycles. The second-order valence-electron chi connectivity index (χ2n) is 4.80. The number of fused-ring (bicyclic) bond motifs is 1. The van der Waals surface area contributed by atoms with Crippen LogP contribution < -0.4 is 4.74 Å². The van der Waals surface area contributed by atoms with Gasteiger partial charge in [0.25, 0.3) is 0 Å². The third kappa shape index (κ3) is 2.72. The molecule has 0 radical (unpaired) electrons. The van der Waals surface area contributed by atoms with Gasteiger partial charge in [0.1, 0.15) is 5.75 Å². The summed E-state index contributed by atoms with van der Waals surface area (Å²) in [6.07, 6.45) is 0.860. The van der Waals surface area contributed by atoms with Crippen molar-refractivity contribution in [2.24, 2.45) is 0 Å². The van der Waals surface area contributed by atoms with E-state index in [0.29, 0.717) is 5.75 Å². The van der Waals surface area contributed by atoms with Crippen LogP contribution in [0.5, 0.6) is 5.75 Å². The molecule has 0 bridgehead atoms. The summed E-state index contributed by atoms with van der Waals surface area (Å²) in [5.74, 6) is 0.263. The minimum Gasteiger partial charge on any atom is -0.427 e. The van der Waals surface area contributed by atoms with E-state index in [1.54, 1.807) is 0 Å². The summed E-state index contributed by atoms with van der Waals surface area (Å²) in [7, 11) is 0. The van der Waals surface area contributed by atoms with Crippen LogP contribution in [0.3, 0.4) is 0 Å². The summed E-state index contributed by atoms with van der Waals surface area (Å²) >= 11 is 0. The first kappa shape index (κ1) is 12.5. The van der Waals surface area contributed by atoms with Crippen LogP contribution in [0.1, 0.15) is 18.2 Å². The number of benzene rings is 2. The Balaban J connectivity index is 1.88. The topological polar surface area (TPSA) is 42.1 Å². The van der Waals surface area contributed by atoms with Crippen LogP contribution in [-0.4, -0.2) is 11.0 Å². The van der Waals surface area contributed by atoms with E-state index in [9.17, 15) is 4.79 Å². The van der Waals surface area contributed by atoms with Gasteiger partial charge in [0, 0.05) is 30.6 Å². The van der Waals surface area contributed by atoms with Gasteiger partial charge in [0.05, 0.1) is 0 Å². The first-order valence-electron chi connectivity index (χ1n) is 6.55. The van der Waals surface area contributed by atoms with Gasteiger partial charge in [-0.3, -0.25) is 4.79 Å². The average molecular weight is 265 g/mol. The van der Waals surface area contributed by atoms with Crippen LogP contribution in [0.15, 0.2) is 54.6 Å². The van der Waals surface area contributed by atoms with Gasteiger partial charge in [-0.15, -0.1) is 0 Å². The minimum atomic E-state index is -0.305. The number of carbonyl (C=O) groups excluding carboxylic acids is 1. The number of aromatic nitrogens is 1. The number of carbonyl (C=O) groups is 1. The Morgan fingerprint density at radius 3 is 2.65 bits per heavy atom. The Kier molecular flexibility index (Phi) is 3.25. The number of esters is 1. The molecule has 0 aliphatic carbocycles. The lowest BCUT2D eigenvalue weighted by molar-refractivity contribution is -0.131. The number of hydrogen-bond donors (Lipinski definition) is 1. The molecule has 3 rings (SSSR count). The van der Waals surface area contributed by atoms with Crippen molar-refractivity contribution in [1.29, 1.82) is 0 Å². The van der Waals surface area contributed by atoms with Crippen molar-refractivity contribution in [2.45, 2.75) is 13.3 Å². The molecule has 0 fully saturated rings. The number of aromatic amines is 1. The van der Waals surface area contributed by atoms with E-state index in [-0.39, 0.29) is 5.97 Å². The number of rotatable bonds is 3. The SMILES string of the molecule is CC(=O)Oc1ccc2cc(Cc3ccccc3)[nH]c2c1. The van der Waals surface area contributed by atoms with E-state index in [1.807, 2.05) is 36.4 Å². The van der Waals surface area contributed by atoms with Gasteiger partial charge in [-0.05, 0) is 29.1 Å². The quantitative estimate of drug-likeness (QED) is 0.579. The van der Waals surface area contributed by atoms with E-state index in [4.69, 9.17) is 4.74 Å². The summed E-state index contributed by atoms with van der Waals surface area (Å²) in [4.78, 5) is 14.3. The molecule has 1 aromatic heterocycles. The molecule has 100 valence electrons. The minimum absolute atomic E-state index is 0.305. The molecule has 0 amide bonds. The van der Waals surface area contributed by atoms with Crippen molar-refractivity contribution >= 4 is 16.9 Å². The molecule has 0 unspecified atom stereocenters. The van der Waals surface area contributed by atoms with Crippen molar-refractivity contribution in [2.75, 3.05) is 0 Å². The van der Waals surface area contributed by atoms with Gasteiger partial charge in [-0.25, -0.2) is 0 Å². The number of hydrogen-bond acceptors (Lipinski definition) is 2. The Hall–Kier alpha value is -2.55. The predicted octanol–water partition coefficient (Wildman–Crippen LogP) is 3.68. The summed E-state index contributed by atoms with van der Waals surface area (Å²) in [6.45, 7) is 1.40. The molecule has 0 saturated carbocycles. The van der Waals surface area contributed by atoms with E-state index in [0.717, 1.165) is 23.0 Å². The summed E-state index contributed by atoms with van der Waals surface area (Å²) in [5, 5.41) is 1.12. The molecule has 0 atom stereocenters. The van der Waals surface area contributed by atoms with Gasteiger partial charge < -0.3 is 9.72 Å². The molecule has 1 N–H and O–H groups in total. The van der Waals surface area contributed by atoms with E-state index >= 15 is 0 Å². The highest BCUT2D eigenvalue weighted by Gasteiger charge is 2.04. The third-order valence-corrected chi connectivity index (χ3v) is 3.15. The van der Waals surface area contributed by atoms with Gasteiger partial charge in [-0.1, -0.05) is 30.3 Å².